The Bertz CT molecular complexity index is 1740. The van der Waals surface area contributed by atoms with Crippen LogP contribution in [0.1, 0.15) is 32.8 Å². The second-order valence-corrected chi connectivity index (χ2v) is 9.61. The zero-order valence-electron chi connectivity index (χ0n) is 21.8. The molecule has 0 radical (unpaired) electrons. The van der Waals surface area contributed by atoms with Gasteiger partial charge >= 0.3 is 0 Å². The van der Waals surface area contributed by atoms with Crippen LogP contribution in [0.2, 0.25) is 0 Å². The average molecular weight is 523 g/mol. The number of benzene rings is 1. The molecule has 10 heteroatoms. The van der Waals surface area contributed by atoms with E-state index in [2.05, 4.69) is 42.2 Å². The van der Waals surface area contributed by atoms with Crippen LogP contribution in [-0.4, -0.2) is 42.8 Å². The highest BCUT2D eigenvalue weighted by molar-refractivity contribution is 5.96. The van der Waals surface area contributed by atoms with Crippen LogP contribution < -0.4 is 5.32 Å². The number of rotatable bonds is 8. The fourth-order valence-corrected chi connectivity index (χ4v) is 4.29. The third kappa shape index (κ3) is 5.49. The molecule has 5 rings (SSSR count). The summed E-state index contributed by atoms with van der Waals surface area (Å²) in [7, 11) is 0. The first kappa shape index (κ1) is 25.7. The molecule has 5 aromatic rings. The van der Waals surface area contributed by atoms with Gasteiger partial charge in [-0.05, 0) is 60.5 Å². The number of halogens is 1. The average Bonchev–Trinajstić information content (AvgIpc) is 3.52. The summed E-state index contributed by atoms with van der Waals surface area (Å²) in [6.45, 7) is 9.41. The smallest absolute Gasteiger partial charge is 0.224 e. The largest absolute Gasteiger partial charge is 0.335 e. The van der Waals surface area contributed by atoms with Crippen LogP contribution in [0.4, 0.5) is 4.39 Å². The zero-order valence-corrected chi connectivity index (χ0v) is 21.8. The van der Waals surface area contributed by atoms with Gasteiger partial charge in [-0.2, -0.15) is 5.10 Å². The van der Waals surface area contributed by atoms with Crippen molar-refractivity contribution in [3.63, 3.8) is 0 Å². The van der Waals surface area contributed by atoms with Gasteiger partial charge in [0.25, 0.3) is 0 Å². The first-order valence-electron chi connectivity index (χ1n) is 12.4. The molecule has 0 spiro atoms. The number of nitrogens with zero attached hydrogens (tertiary/aromatic N) is 5. The van der Waals surface area contributed by atoms with Gasteiger partial charge in [-0.25, -0.2) is 14.4 Å². The van der Waals surface area contributed by atoms with E-state index in [1.54, 1.807) is 30.7 Å². The van der Waals surface area contributed by atoms with Gasteiger partial charge in [-0.1, -0.05) is 26.0 Å². The number of fused-ring (bicyclic) bond motifs is 2. The number of carbonyl (C=O) groups excluding carboxylic acids is 1. The number of nitrogens with one attached hydrogen (secondary N) is 3. The van der Waals surface area contributed by atoms with Gasteiger partial charge in [0.05, 0.1) is 28.3 Å². The standard InChI is InChI=1S/C29H27FN8O/c1-16(2)9-25(39)34-21(13-31-4)10-17(3)19-11-22-27(37-38-28(22)33-12-19)29-35-24-15-32-14-23(26(24)36-29)18-5-7-20(30)8-6-18/h5-8,10-16H,4,9H2,1-3H3,(H,34,39)(H,35,36)(H,33,37,38)/b17-10+,21-13+. The molecule has 0 unspecified atom stereocenters. The maximum atomic E-state index is 13.5. The van der Waals surface area contributed by atoms with Crippen LogP contribution >= 0.6 is 0 Å². The number of amides is 1. The summed E-state index contributed by atoms with van der Waals surface area (Å²) < 4.78 is 13.5. The Hall–Kier alpha value is -4.99. The highest BCUT2D eigenvalue weighted by Crippen LogP contribution is 2.31. The number of hydrogen-bond donors (Lipinski definition) is 3. The fraction of sp³-hybridized carbons (Fsp3) is 0.172. The van der Waals surface area contributed by atoms with Crippen LogP contribution in [0.3, 0.4) is 0 Å². The molecule has 0 saturated carbocycles. The predicted molar refractivity (Wildman–Crippen MR) is 151 cm³/mol. The number of imidazole rings is 1. The first-order valence-corrected chi connectivity index (χ1v) is 12.4. The molecule has 0 aliphatic heterocycles. The molecule has 196 valence electrons. The molecule has 4 heterocycles. The van der Waals surface area contributed by atoms with Crippen molar-refractivity contribution >= 4 is 40.3 Å². The zero-order chi connectivity index (χ0) is 27.5. The number of aliphatic imine (C=N–C) groups is 1. The Kier molecular flexibility index (Phi) is 7.09. The molecule has 0 bridgehead atoms. The van der Waals surface area contributed by atoms with E-state index in [0.717, 1.165) is 33.2 Å². The van der Waals surface area contributed by atoms with Gasteiger partial charge in [-0.3, -0.25) is 19.9 Å². The summed E-state index contributed by atoms with van der Waals surface area (Å²) in [5.41, 5.74) is 6.46. The molecule has 9 nitrogen and oxygen atoms in total. The van der Waals surface area contributed by atoms with Gasteiger partial charge in [0.15, 0.2) is 11.5 Å². The third-order valence-electron chi connectivity index (χ3n) is 6.13. The molecule has 39 heavy (non-hydrogen) atoms. The van der Waals surface area contributed by atoms with Crippen molar-refractivity contribution in [2.75, 3.05) is 0 Å². The molecular weight excluding hydrogens is 495 g/mol. The number of hydrogen-bond acceptors (Lipinski definition) is 6. The number of aromatic nitrogens is 6. The molecule has 0 aliphatic rings. The highest BCUT2D eigenvalue weighted by Gasteiger charge is 2.17. The minimum atomic E-state index is -0.307. The van der Waals surface area contributed by atoms with Crippen LogP contribution in [0, 0.1) is 11.7 Å². The summed E-state index contributed by atoms with van der Waals surface area (Å²) in [5.74, 6) is 0.387. The van der Waals surface area contributed by atoms with Crippen LogP contribution in [0.5, 0.6) is 0 Å². The number of allylic oxidation sites excluding steroid dienone is 2. The molecule has 0 fully saturated rings. The molecule has 0 aliphatic carbocycles. The molecule has 4 aromatic heterocycles. The Labute approximate surface area is 224 Å². The first-order chi connectivity index (χ1) is 18.8. The van der Waals surface area contributed by atoms with E-state index in [9.17, 15) is 9.18 Å². The predicted octanol–water partition coefficient (Wildman–Crippen LogP) is 5.81. The summed E-state index contributed by atoms with van der Waals surface area (Å²) in [6.07, 6.45) is 8.89. The van der Waals surface area contributed by atoms with E-state index < -0.39 is 0 Å². The monoisotopic (exact) mass is 522 g/mol. The van der Waals surface area contributed by atoms with Crippen molar-refractivity contribution in [2.45, 2.75) is 27.2 Å². The lowest BCUT2D eigenvalue weighted by Crippen LogP contribution is -2.23. The minimum absolute atomic E-state index is 0.0889. The van der Waals surface area contributed by atoms with Gasteiger partial charge in [0.2, 0.25) is 5.91 Å². The molecule has 0 saturated heterocycles. The number of pyridine rings is 2. The molecular formula is C29H27FN8O. The van der Waals surface area contributed by atoms with E-state index in [1.165, 1.54) is 18.3 Å². The number of carbonyl (C=O) groups is 1. The third-order valence-corrected chi connectivity index (χ3v) is 6.13. The Balaban J connectivity index is 1.51. The van der Waals surface area contributed by atoms with Crippen molar-refractivity contribution < 1.29 is 9.18 Å². The second kappa shape index (κ2) is 10.8. The quantitative estimate of drug-likeness (QED) is 0.175. The van der Waals surface area contributed by atoms with E-state index in [-0.39, 0.29) is 17.6 Å². The SMILES string of the molecule is C=N/C=C(\C=C(/C)c1cnc2[nH]nc(-c3nc4c(-c5ccc(F)cc5)cncc4[nH]3)c2c1)NC(=O)CC(C)C. The summed E-state index contributed by atoms with van der Waals surface area (Å²) in [6, 6.07) is 8.19. The fourth-order valence-electron chi connectivity index (χ4n) is 4.29. The van der Waals surface area contributed by atoms with E-state index in [4.69, 9.17) is 4.98 Å². The molecule has 0 atom stereocenters. The van der Waals surface area contributed by atoms with Crippen molar-refractivity contribution in [1.82, 2.24) is 35.5 Å². The van der Waals surface area contributed by atoms with Gasteiger partial charge in [0.1, 0.15) is 11.5 Å². The van der Waals surface area contributed by atoms with Crippen molar-refractivity contribution in [2.24, 2.45) is 10.9 Å². The maximum absolute atomic E-state index is 13.5. The summed E-state index contributed by atoms with van der Waals surface area (Å²) in [4.78, 5) is 33.1. The lowest BCUT2D eigenvalue weighted by Gasteiger charge is -2.09. The van der Waals surface area contributed by atoms with E-state index in [0.29, 0.717) is 34.8 Å². The van der Waals surface area contributed by atoms with Gasteiger partial charge < -0.3 is 10.3 Å². The van der Waals surface area contributed by atoms with E-state index in [1.807, 2.05) is 32.9 Å². The van der Waals surface area contributed by atoms with Crippen molar-refractivity contribution in [1.29, 1.82) is 0 Å². The topological polar surface area (TPSA) is 125 Å². The Morgan fingerprint density at radius 1 is 1.21 bits per heavy atom. The van der Waals surface area contributed by atoms with Crippen LogP contribution in [0.15, 0.2) is 71.9 Å². The lowest BCUT2D eigenvalue weighted by molar-refractivity contribution is -0.121. The Morgan fingerprint density at radius 3 is 2.74 bits per heavy atom. The molecule has 1 aromatic carbocycles. The van der Waals surface area contributed by atoms with Gasteiger partial charge in [-0.15, -0.1) is 0 Å². The minimum Gasteiger partial charge on any atom is -0.335 e. The van der Waals surface area contributed by atoms with Crippen LogP contribution in [0.25, 0.3) is 50.3 Å². The van der Waals surface area contributed by atoms with Gasteiger partial charge in [0, 0.05) is 30.6 Å². The number of aromatic amines is 2. The number of H-pyrrole nitrogens is 2. The lowest BCUT2D eigenvalue weighted by atomic mass is 10.1. The van der Waals surface area contributed by atoms with Crippen LogP contribution in [-0.2, 0) is 4.79 Å². The molecule has 3 N–H and O–H groups in total. The highest BCUT2D eigenvalue weighted by atomic mass is 19.1. The molecule has 1 amide bonds. The summed E-state index contributed by atoms with van der Waals surface area (Å²) in [5, 5.41) is 11.1. The van der Waals surface area contributed by atoms with E-state index >= 15 is 0 Å². The normalized spacial score (nSPS) is 12.4. The van der Waals surface area contributed by atoms with Crippen molar-refractivity contribution in [3.8, 4) is 22.6 Å². The maximum Gasteiger partial charge on any atom is 0.224 e. The summed E-state index contributed by atoms with van der Waals surface area (Å²) >= 11 is 0. The Morgan fingerprint density at radius 2 is 2.00 bits per heavy atom. The van der Waals surface area contributed by atoms with Crippen molar-refractivity contribution in [3.05, 3.63) is 78.3 Å². The second-order valence-electron chi connectivity index (χ2n) is 9.61.